The van der Waals surface area contributed by atoms with Crippen molar-refractivity contribution in [1.29, 1.82) is 0 Å². The molecule has 3 aromatic rings. The van der Waals surface area contributed by atoms with E-state index >= 15 is 0 Å². The van der Waals surface area contributed by atoms with Gasteiger partial charge in [0, 0.05) is 16.6 Å². The molecular formula is C39H57NO3SSi. The third-order valence-corrected chi connectivity index (χ3v) is 17.8. The lowest BCUT2D eigenvalue weighted by atomic mass is 9.86. The number of aryl methyl sites for hydroxylation is 1. The Balaban J connectivity index is 2.02. The minimum atomic E-state index is -3.79. The first-order valence-corrected chi connectivity index (χ1v) is 20.7. The van der Waals surface area contributed by atoms with Crippen molar-refractivity contribution >= 4 is 29.2 Å². The molecule has 0 amide bonds. The number of nitrogens with zero attached hydrogens (tertiary/aromatic N) is 1. The summed E-state index contributed by atoms with van der Waals surface area (Å²) in [6, 6.07) is 11.4. The molecule has 0 spiro atoms. The molecule has 0 radical (unpaired) electrons. The first-order chi connectivity index (χ1) is 21.1. The van der Waals surface area contributed by atoms with Crippen molar-refractivity contribution in [3.63, 3.8) is 0 Å². The minimum Gasteiger partial charge on any atom is -0.542 e. The van der Waals surface area contributed by atoms with Gasteiger partial charge in [-0.25, -0.2) is 12.4 Å². The molecule has 6 heteroatoms. The van der Waals surface area contributed by atoms with Crippen LogP contribution in [0.4, 0.5) is 0 Å². The molecule has 4 nitrogen and oxygen atoms in total. The fourth-order valence-electron chi connectivity index (χ4n) is 7.74. The van der Waals surface area contributed by atoms with Crippen LogP contribution in [0.2, 0.25) is 16.6 Å². The van der Waals surface area contributed by atoms with Gasteiger partial charge in [-0.2, -0.15) is 0 Å². The summed E-state index contributed by atoms with van der Waals surface area (Å²) >= 11 is 0. The van der Waals surface area contributed by atoms with Gasteiger partial charge in [-0.3, -0.25) is 0 Å². The second-order valence-corrected chi connectivity index (χ2v) is 21.9. The normalized spacial score (nSPS) is 16.1. The number of benzene rings is 2. The van der Waals surface area contributed by atoms with Gasteiger partial charge in [-0.15, -0.1) is 0 Å². The lowest BCUT2D eigenvalue weighted by molar-refractivity contribution is 0.476. The van der Waals surface area contributed by atoms with Gasteiger partial charge in [0.1, 0.15) is 5.75 Å². The van der Waals surface area contributed by atoms with Crippen LogP contribution < -0.4 is 4.43 Å². The summed E-state index contributed by atoms with van der Waals surface area (Å²) in [6.45, 7) is 24.8. The Morgan fingerprint density at radius 1 is 0.956 bits per heavy atom. The Kier molecular flexibility index (Phi) is 11.0. The summed E-state index contributed by atoms with van der Waals surface area (Å²) in [7, 11) is -6.06. The molecule has 0 N–H and O–H groups in total. The lowest BCUT2D eigenvalue weighted by Crippen LogP contribution is -2.50. The van der Waals surface area contributed by atoms with Crippen molar-refractivity contribution in [2.45, 2.75) is 136 Å². The smallest absolute Gasteiger partial charge is 0.268 e. The number of rotatable bonds is 12. The van der Waals surface area contributed by atoms with E-state index < -0.39 is 18.3 Å². The van der Waals surface area contributed by atoms with Gasteiger partial charge in [0.05, 0.1) is 10.4 Å². The largest absolute Gasteiger partial charge is 0.542 e. The molecule has 1 aliphatic rings. The number of aromatic nitrogens is 1. The van der Waals surface area contributed by atoms with Crippen LogP contribution in [0.1, 0.15) is 111 Å². The van der Waals surface area contributed by atoms with Crippen molar-refractivity contribution in [2.75, 3.05) is 0 Å². The third-order valence-electron chi connectivity index (χ3n) is 10.1. The topological polar surface area (TPSA) is 48.3 Å². The van der Waals surface area contributed by atoms with Gasteiger partial charge in [-0.1, -0.05) is 89.5 Å². The number of hydrogen-bond donors (Lipinski definition) is 0. The highest BCUT2D eigenvalue weighted by Gasteiger charge is 2.47. The molecule has 1 unspecified atom stereocenters. The molecule has 1 heterocycles. The van der Waals surface area contributed by atoms with Crippen LogP contribution in [0.15, 0.2) is 64.6 Å². The van der Waals surface area contributed by atoms with E-state index in [1.807, 2.05) is 25.1 Å². The number of hydrogen-bond acceptors (Lipinski definition) is 3. The van der Waals surface area contributed by atoms with E-state index in [4.69, 9.17) is 4.43 Å². The van der Waals surface area contributed by atoms with Gasteiger partial charge in [-0.05, 0) is 119 Å². The molecule has 0 bridgehead atoms. The van der Waals surface area contributed by atoms with Crippen molar-refractivity contribution in [1.82, 2.24) is 3.97 Å². The maximum absolute atomic E-state index is 14.4. The predicted octanol–water partition coefficient (Wildman–Crippen LogP) is 11.1. The zero-order valence-corrected chi connectivity index (χ0v) is 31.6. The van der Waals surface area contributed by atoms with Gasteiger partial charge < -0.3 is 4.43 Å². The van der Waals surface area contributed by atoms with Crippen molar-refractivity contribution in [3.05, 3.63) is 82.1 Å². The molecule has 0 saturated heterocycles. The summed E-state index contributed by atoms with van der Waals surface area (Å²) in [4.78, 5) is 0.342. The van der Waals surface area contributed by atoms with E-state index in [2.05, 4.69) is 87.5 Å². The highest BCUT2D eigenvalue weighted by atomic mass is 32.2. The minimum absolute atomic E-state index is 0.342. The second kappa shape index (κ2) is 14.0. The summed E-state index contributed by atoms with van der Waals surface area (Å²) in [5, 5.41) is 1.09. The van der Waals surface area contributed by atoms with E-state index in [0.717, 1.165) is 72.0 Å². The maximum Gasteiger partial charge on any atom is 0.268 e. The molecule has 0 saturated carbocycles. The summed E-state index contributed by atoms with van der Waals surface area (Å²) in [5.41, 5.74) is 9.13. The molecule has 4 rings (SSSR count). The average Bonchev–Trinajstić information content (AvgIpc) is 3.28. The van der Waals surface area contributed by atoms with Crippen LogP contribution in [0.3, 0.4) is 0 Å². The Hall–Kier alpha value is -2.57. The first-order valence-electron chi connectivity index (χ1n) is 17.1. The van der Waals surface area contributed by atoms with Crippen LogP contribution >= 0.6 is 0 Å². The Morgan fingerprint density at radius 2 is 1.58 bits per heavy atom. The highest BCUT2D eigenvalue weighted by molar-refractivity contribution is 7.90. The summed E-state index contributed by atoms with van der Waals surface area (Å²) in [6.07, 6.45) is 10.0. The van der Waals surface area contributed by atoms with E-state index in [1.165, 1.54) is 16.7 Å². The highest BCUT2D eigenvalue weighted by Crippen LogP contribution is 2.46. The van der Waals surface area contributed by atoms with Crippen LogP contribution in [0, 0.1) is 12.8 Å². The van der Waals surface area contributed by atoms with Crippen LogP contribution in [-0.4, -0.2) is 20.7 Å². The van der Waals surface area contributed by atoms with E-state index in [0.29, 0.717) is 27.4 Å². The molecule has 1 aliphatic carbocycles. The lowest BCUT2D eigenvalue weighted by Gasteiger charge is -2.42. The van der Waals surface area contributed by atoms with E-state index in [-0.39, 0.29) is 0 Å². The predicted molar refractivity (Wildman–Crippen MR) is 195 cm³/mol. The molecule has 0 aliphatic heterocycles. The van der Waals surface area contributed by atoms with Crippen LogP contribution in [0.25, 0.3) is 10.9 Å². The third kappa shape index (κ3) is 7.07. The zero-order chi connectivity index (χ0) is 33.3. The molecule has 1 aromatic heterocycles. The standard InChI is InChI=1S/C39H57NO3SSi/c1-26(2)13-12-14-30(9)17-21-34-38(43-45(27(3)4,28(5)6)29(7)8)24-23-37-39(34)35-25-32(11)18-22-36(35)40(37)44(41,42)33-19-15-31(10)16-20-33/h13,15-17,19-20,23-24,27-29,32H,12,14,18,21-22,25H2,1-11H3/b30-17+. The fraction of sp³-hybridized carbons (Fsp3) is 0.538. The molecule has 246 valence electrons. The monoisotopic (exact) mass is 647 g/mol. The van der Waals surface area contributed by atoms with Crippen molar-refractivity contribution < 1.29 is 12.8 Å². The molecule has 0 fully saturated rings. The summed E-state index contributed by atoms with van der Waals surface area (Å²) in [5.74, 6) is 1.44. The molecular weight excluding hydrogens is 591 g/mol. The first kappa shape index (κ1) is 35.3. The van der Waals surface area contributed by atoms with Crippen molar-refractivity contribution in [2.24, 2.45) is 5.92 Å². The van der Waals surface area contributed by atoms with E-state index in [9.17, 15) is 8.42 Å². The molecule has 1 atom stereocenters. The zero-order valence-electron chi connectivity index (χ0n) is 29.8. The maximum atomic E-state index is 14.4. The quantitative estimate of drug-likeness (QED) is 0.145. The summed E-state index contributed by atoms with van der Waals surface area (Å²) < 4.78 is 38.0. The number of allylic oxidation sites excluding steroid dienone is 4. The Morgan fingerprint density at radius 3 is 2.16 bits per heavy atom. The van der Waals surface area contributed by atoms with Gasteiger partial charge in [0.25, 0.3) is 18.3 Å². The molecule has 2 aromatic carbocycles. The van der Waals surface area contributed by atoms with Gasteiger partial charge in [0.2, 0.25) is 0 Å². The Labute approximate surface area is 275 Å². The average molecular weight is 648 g/mol. The Bertz CT molecular complexity index is 1650. The van der Waals surface area contributed by atoms with Crippen LogP contribution in [-0.2, 0) is 29.3 Å². The second-order valence-electron chi connectivity index (χ2n) is 14.8. The van der Waals surface area contributed by atoms with E-state index in [1.54, 1.807) is 16.1 Å². The SMILES string of the molecule is CC(C)=CCC/C(C)=C/Cc1c(O[Si](C(C)C)(C(C)C)C(C)C)ccc2c1c1c(n2S(=O)(=O)c2ccc(C)cc2)CCC(C)C1. The number of fused-ring (bicyclic) bond motifs is 3. The van der Waals surface area contributed by atoms with Crippen LogP contribution in [0.5, 0.6) is 5.75 Å². The van der Waals surface area contributed by atoms with Crippen molar-refractivity contribution in [3.8, 4) is 5.75 Å². The fourth-order valence-corrected chi connectivity index (χ4v) is 14.6. The van der Waals surface area contributed by atoms with Gasteiger partial charge >= 0.3 is 0 Å². The molecule has 45 heavy (non-hydrogen) atoms. The van der Waals surface area contributed by atoms with Gasteiger partial charge in [0.15, 0.2) is 0 Å².